The molecule has 0 saturated heterocycles. The van der Waals surface area contributed by atoms with E-state index >= 15 is 0 Å². The van der Waals surface area contributed by atoms with Gasteiger partial charge < -0.3 is 5.73 Å². The number of nitro benzene ring substituents is 1. The van der Waals surface area contributed by atoms with Gasteiger partial charge in [0.2, 0.25) is 0 Å². The molecular weight excluding hydrogens is 248 g/mol. The molecule has 1 aromatic carbocycles. The van der Waals surface area contributed by atoms with Gasteiger partial charge in [-0.15, -0.1) is 0 Å². The fourth-order valence-corrected chi connectivity index (χ4v) is 1.68. The van der Waals surface area contributed by atoms with E-state index < -0.39 is 4.92 Å². The predicted octanol–water partition coefficient (Wildman–Crippen LogP) is 0.820. The maximum Gasteiger partial charge on any atom is 0.270 e. The van der Waals surface area contributed by atoms with E-state index in [1.165, 1.54) is 29.1 Å². The zero-order valence-corrected chi connectivity index (χ0v) is 10.1. The third-order valence-electron chi connectivity index (χ3n) is 2.70. The molecule has 0 aliphatic carbocycles. The highest BCUT2D eigenvalue weighted by molar-refractivity contribution is 5.79. The normalized spacial score (nSPS) is 10.6. The lowest BCUT2D eigenvalue weighted by Crippen LogP contribution is -2.23. The lowest BCUT2D eigenvalue weighted by molar-refractivity contribution is -0.384. The average Bonchev–Trinajstić information content (AvgIpc) is 2.41. The number of fused-ring (bicyclic) bond motifs is 1. The minimum Gasteiger partial charge on any atom is -0.327 e. The second-order valence-electron chi connectivity index (χ2n) is 4.09. The number of aromatic nitrogens is 2. The Morgan fingerprint density at radius 1 is 1.53 bits per heavy atom. The van der Waals surface area contributed by atoms with Gasteiger partial charge in [-0.3, -0.25) is 19.5 Å². The van der Waals surface area contributed by atoms with Crippen molar-refractivity contribution in [2.45, 2.75) is 6.54 Å². The van der Waals surface area contributed by atoms with Crippen molar-refractivity contribution in [3.63, 3.8) is 0 Å². The van der Waals surface area contributed by atoms with E-state index in [0.29, 0.717) is 11.1 Å². The van der Waals surface area contributed by atoms with Crippen LogP contribution in [0.25, 0.3) is 10.9 Å². The number of hydrogen-bond donors (Lipinski definition) is 1. The molecule has 0 atom stereocenters. The van der Waals surface area contributed by atoms with Crippen molar-refractivity contribution in [1.82, 2.24) is 9.55 Å². The summed E-state index contributed by atoms with van der Waals surface area (Å²) in [6, 6.07) is 4.00. The van der Waals surface area contributed by atoms with Crippen molar-refractivity contribution >= 4 is 16.6 Å². The van der Waals surface area contributed by atoms with E-state index in [0.717, 1.165) is 0 Å². The van der Waals surface area contributed by atoms with E-state index in [9.17, 15) is 14.9 Å². The van der Waals surface area contributed by atoms with Gasteiger partial charge in [-0.05, 0) is 11.6 Å². The zero-order chi connectivity index (χ0) is 14.0. The number of non-ortho nitro benzene ring substituents is 1. The first-order valence-corrected chi connectivity index (χ1v) is 5.53. The van der Waals surface area contributed by atoms with Crippen LogP contribution in [0, 0.1) is 10.1 Å². The third-order valence-corrected chi connectivity index (χ3v) is 2.70. The van der Waals surface area contributed by atoms with Crippen LogP contribution < -0.4 is 11.3 Å². The lowest BCUT2D eigenvalue weighted by Gasteiger charge is -2.07. The Morgan fingerprint density at radius 3 is 2.89 bits per heavy atom. The molecule has 2 N–H and O–H groups in total. The lowest BCUT2D eigenvalue weighted by atomic mass is 10.2. The molecule has 7 heteroatoms. The number of nitrogens with zero attached hydrogens (tertiary/aromatic N) is 3. The van der Waals surface area contributed by atoms with E-state index in [1.807, 2.05) is 0 Å². The number of nitro groups is 1. The summed E-state index contributed by atoms with van der Waals surface area (Å²) in [5.41, 5.74) is 6.04. The highest BCUT2D eigenvalue weighted by atomic mass is 16.6. The summed E-state index contributed by atoms with van der Waals surface area (Å²) < 4.78 is 1.33. The summed E-state index contributed by atoms with van der Waals surface area (Å²) in [5, 5.41) is 10.9. The van der Waals surface area contributed by atoms with Crippen LogP contribution in [-0.2, 0) is 6.54 Å². The maximum absolute atomic E-state index is 12.2. The molecule has 0 amide bonds. The smallest absolute Gasteiger partial charge is 0.270 e. The molecule has 2 rings (SSSR count). The maximum atomic E-state index is 12.2. The van der Waals surface area contributed by atoms with Crippen molar-refractivity contribution in [3.05, 3.63) is 57.1 Å². The van der Waals surface area contributed by atoms with Crippen LogP contribution >= 0.6 is 0 Å². The molecule has 1 aromatic heterocycles. The molecule has 0 saturated carbocycles. The van der Waals surface area contributed by atoms with Crippen LogP contribution in [-0.4, -0.2) is 21.0 Å². The summed E-state index contributed by atoms with van der Waals surface area (Å²) in [5.74, 6) is 0. The van der Waals surface area contributed by atoms with E-state index in [4.69, 9.17) is 5.73 Å². The first-order valence-electron chi connectivity index (χ1n) is 5.53. The monoisotopic (exact) mass is 260 g/mol. The number of rotatable bonds is 4. The minimum atomic E-state index is -0.547. The number of hydrogen-bond acceptors (Lipinski definition) is 5. The third kappa shape index (κ3) is 2.50. The van der Waals surface area contributed by atoms with Gasteiger partial charge >= 0.3 is 0 Å². The Morgan fingerprint density at radius 2 is 2.26 bits per heavy atom. The van der Waals surface area contributed by atoms with Crippen molar-refractivity contribution in [2.75, 3.05) is 6.54 Å². The Bertz CT molecular complexity index is 720. The van der Waals surface area contributed by atoms with Gasteiger partial charge in [0.05, 0.1) is 22.2 Å². The van der Waals surface area contributed by atoms with Gasteiger partial charge in [0.1, 0.15) is 0 Å². The topological polar surface area (TPSA) is 104 Å². The summed E-state index contributed by atoms with van der Waals surface area (Å²) in [6.45, 7) is 4.23. The first-order chi connectivity index (χ1) is 9.02. The van der Waals surface area contributed by atoms with Gasteiger partial charge in [0.25, 0.3) is 11.2 Å². The number of benzene rings is 1. The second-order valence-corrected chi connectivity index (χ2v) is 4.09. The van der Waals surface area contributed by atoms with Crippen LogP contribution in [0.2, 0.25) is 0 Å². The molecule has 0 unspecified atom stereocenters. The molecule has 0 bridgehead atoms. The molecule has 98 valence electrons. The Kier molecular flexibility index (Phi) is 3.39. The van der Waals surface area contributed by atoms with Crippen molar-refractivity contribution in [2.24, 2.45) is 5.73 Å². The van der Waals surface area contributed by atoms with Crippen LogP contribution in [0.4, 0.5) is 5.69 Å². The quantitative estimate of drug-likeness (QED) is 0.498. The summed E-state index contributed by atoms with van der Waals surface area (Å²) in [6.07, 6.45) is 1.39. The van der Waals surface area contributed by atoms with Crippen LogP contribution in [0.1, 0.15) is 0 Å². The number of nitrogens with two attached hydrogens (primary N) is 1. The SMILES string of the molecule is C=C(CN)Cn1cnc2ccc([N+](=O)[O-])cc2c1=O. The molecule has 0 radical (unpaired) electrons. The van der Waals surface area contributed by atoms with Gasteiger partial charge in [-0.1, -0.05) is 6.58 Å². The van der Waals surface area contributed by atoms with Crippen LogP contribution in [0.15, 0.2) is 41.5 Å². The molecule has 1 heterocycles. The Hall–Kier alpha value is -2.54. The largest absolute Gasteiger partial charge is 0.327 e. The van der Waals surface area contributed by atoms with Crippen molar-refractivity contribution < 1.29 is 4.92 Å². The zero-order valence-electron chi connectivity index (χ0n) is 10.1. The average molecular weight is 260 g/mol. The molecule has 7 nitrogen and oxygen atoms in total. The molecule has 0 aliphatic rings. The Labute approximate surface area is 108 Å². The van der Waals surface area contributed by atoms with Gasteiger partial charge in [0, 0.05) is 25.2 Å². The second kappa shape index (κ2) is 4.99. The molecule has 0 aliphatic heterocycles. The van der Waals surface area contributed by atoms with Crippen molar-refractivity contribution in [1.29, 1.82) is 0 Å². The van der Waals surface area contributed by atoms with Gasteiger partial charge in [-0.2, -0.15) is 0 Å². The van der Waals surface area contributed by atoms with E-state index in [2.05, 4.69) is 11.6 Å². The first kappa shape index (κ1) is 12.9. The summed E-state index contributed by atoms with van der Waals surface area (Å²) >= 11 is 0. The van der Waals surface area contributed by atoms with Crippen LogP contribution in [0.5, 0.6) is 0 Å². The van der Waals surface area contributed by atoms with Gasteiger partial charge in [-0.25, -0.2) is 4.98 Å². The minimum absolute atomic E-state index is 0.137. The van der Waals surface area contributed by atoms with Gasteiger partial charge in [0.15, 0.2) is 0 Å². The standard InChI is InChI=1S/C12H12N4O3/c1-8(5-13)6-15-7-14-11-3-2-9(16(18)19)4-10(11)12(15)17/h2-4,7H,1,5-6,13H2. The fourth-order valence-electron chi connectivity index (χ4n) is 1.68. The predicted molar refractivity (Wildman–Crippen MR) is 70.9 cm³/mol. The van der Waals surface area contributed by atoms with E-state index in [1.54, 1.807) is 0 Å². The highest BCUT2D eigenvalue weighted by Gasteiger charge is 2.10. The van der Waals surface area contributed by atoms with E-state index in [-0.39, 0.29) is 29.7 Å². The fraction of sp³-hybridized carbons (Fsp3) is 0.167. The van der Waals surface area contributed by atoms with Crippen LogP contribution in [0.3, 0.4) is 0 Å². The molecule has 2 aromatic rings. The Balaban J connectivity index is 2.59. The molecule has 0 fully saturated rings. The summed E-state index contributed by atoms with van der Waals surface area (Å²) in [4.78, 5) is 26.4. The molecule has 0 spiro atoms. The molecule has 19 heavy (non-hydrogen) atoms. The highest BCUT2D eigenvalue weighted by Crippen LogP contribution is 2.16. The van der Waals surface area contributed by atoms with Crippen molar-refractivity contribution in [3.8, 4) is 0 Å². The molecular formula is C12H12N4O3. The summed E-state index contributed by atoms with van der Waals surface area (Å²) in [7, 11) is 0.